The van der Waals surface area contributed by atoms with E-state index in [9.17, 15) is 4.79 Å². The predicted octanol–water partition coefficient (Wildman–Crippen LogP) is 1.95. The average Bonchev–Trinajstić information content (AvgIpc) is 2.27. The molecule has 3 N–H and O–H groups in total. The maximum Gasteiger partial charge on any atom is 0.251 e. The van der Waals surface area contributed by atoms with Crippen LogP contribution in [-0.2, 0) is 5.75 Å². The van der Waals surface area contributed by atoms with Gasteiger partial charge in [0.2, 0.25) is 0 Å². The number of rotatable bonds is 3. The second-order valence-electron chi connectivity index (χ2n) is 3.72. The predicted molar refractivity (Wildman–Crippen MR) is 70.0 cm³/mol. The van der Waals surface area contributed by atoms with Crippen molar-refractivity contribution in [3.05, 3.63) is 51.9 Å². The lowest BCUT2D eigenvalue weighted by Crippen LogP contribution is -2.08. The summed E-state index contributed by atoms with van der Waals surface area (Å²) in [6.07, 6.45) is 0. The van der Waals surface area contributed by atoms with Crippen molar-refractivity contribution in [2.75, 3.05) is 5.73 Å². The first-order valence-corrected chi connectivity index (χ1v) is 6.17. The number of hydrogen-bond donors (Lipinski definition) is 2. The van der Waals surface area contributed by atoms with E-state index in [1.807, 2.05) is 31.2 Å². The monoisotopic (exact) mass is 247 g/mol. The Morgan fingerprint density at radius 1 is 1.35 bits per heavy atom. The first kappa shape index (κ1) is 11.7. The molecule has 88 valence electrons. The van der Waals surface area contributed by atoms with Gasteiger partial charge in [-0.05, 0) is 24.6 Å². The molecule has 0 saturated carbocycles. The standard InChI is InChI=1S/C12H13N3OS/c1-8-6-11(16)15-12(14-8)17-7-9-2-4-10(13)5-3-9/h2-6H,7,13H2,1H3,(H,14,15,16). The van der Waals surface area contributed by atoms with E-state index in [1.165, 1.54) is 17.8 Å². The fourth-order valence-electron chi connectivity index (χ4n) is 1.39. The molecule has 1 heterocycles. The Morgan fingerprint density at radius 2 is 2.06 bits per heavy atom. The molecule has 17 heavy (non-hydrogen) atoms. The molecule has 2 rings (SSSR count). The number of hydrogen-bond acceptors (Lipinski definition) is 4. The number of thioether (sulfide) groups is 1. The number of benzene rings is 1. The first-order valence-electron chi connectivity index (χ1n) is 5.19. The molecule has 4 nitrogen and oxygen atoms in total. The zero-order valence-electron chi connectivity index (χ0n) is 9.43. The van der Waals surface area contributed by atoms with Crippen LogP contribution < -0.4 is 11.3 Å². The highest BCUT2D eigenvalue weighted by Gasteiger charge is 2.00. The number of nitrogen functional groups attached to an aromatic ring is 1. The van der Waals surface area contributed by atoms with E-state index in [-0.39, 0.29) is 5.56 Å². The third kappa shape index (κ3) is 3.35. The zero-order chi connectivity index (χ0) is 12.3. The molecular formula is C12H13N3OS. The Balaban J connectivity index is 2.07. The van der Waals surface area contributed by atoms with E-state index in [0.717, 1.165) is 22.7 Å². The van der Waals surface area contributed by atoms with Crippen molar-refractivity contribution in [2.45, 2.75) is 17.8 Å². The highest BCUT2D eigenvalue weighted by molar-refractivity contribution is 7.98. The van der Waals surface area contributed by atoms with Crippen LogP contribution in [0, 0.1) is 6.92 Å². The van der Waals surface area contributed by atoms with Crippen molar-refractivity contribution in [3.8, 4) is 0 Å². The molecule has 0 unspecified atom stereocenters. The summed E-state index contributed by atoms with van der Waals surface area (Å²) in [5.41, 5.74) is 8.12. The number of aromatic amines is 1. The van der Waals surface area contributed by atoms with Crippen molar-refractivity contribution in [1.82, 2.24) is 9.97 Å². The van der Waals surface area contributed by atoms with Crippen molar-refractivity contribution >= 4 is 17.4 Å². The smallest absolute Gasteiger partial charge is 0.251 e. The van der Waals surface area contributed by atoms with Crippen LogP contribution >= 0.6 is 11.8 Å². The molecule has 0 atom stereocenters. The summed E-state index contributed by atoms with van der Waals surface area (Å²) < 4.78 is 0. The van der Waals surface area contributed by atoms with Gasteiger partial charge in [-0.2, -0.15) is 0 Å². The van der Waals surface area contributed by atoms with Gasteiger partial charge in [0.15, 0.2) is 5.16 Å². The fourth-order valence-corrected chi connectivity index (χ4v) is 2.26. The van der Waals surface area contributed by atoms with E-state index < -0.39 is 0 Å². The van der Waals surface area contributed by atoms with Crippen LogP contribution in [0.2, 0.25) is 0 Å². The summed E-state index contributed by atoms with van der Waals surface area (Å²) in [6.45, 7) is 1.81. The number of nitrogens with one attached hydrogen (secondary N) is 1. The molecule has 0 fully saturated rings. The molecular weight excluding hydrogens is 234 g/mol. The summed E-state index contributed by atoms with van der Waals surface area (Å²) in [5.74, 6) is 0.757. The Labute approximate surface area is 103 Å². The van der Waals surface area contributed by atoms with E-state index in [0.29, 0.717) is 5.16 Å². The summed E-state index contributed by atoms with van der Waals surface area (Å²) in [4.78, 5) is 18.2. The van der Waals surface area contributed by atoms with Crippen LogP contribution in [-0.4, -0.2) is 9.97 Å². The highest BCUT2D eigenvalue weighted by atomic mass is 32.2. The first-order chi connectivity index (χ1) is 8.13. The topological polar surface area (TPSA) is 71.8 Å². The highest BCUT2D eigenvalue weighted by Crippen LogP contribution is 2.18. The molecule has 2 aromatic rings. The van der Waals surface area contributed by atoms with E-state index in [4.69, 9.17) is 5.73 Å². The molecule has 1 aromatic carbocycles. The van der Waals surface area contributed by atoms with E-state index >= 15 is 0 Å². The maximum absolute atomic E-state index is 11.2. The second-order valence-corrected chi connectivity index (χ2v) is 4.69. The van der Waals surface area contributed by atoms with Gasteiger partial charge in [-0.3, -0.25) is 4.79 Å². The van der Waals surface area contributed by atoms with Crippen molar-refractivity contribution in [2.24, 2.45) is 0 Å². The Hall–Kier alpha value is -1.75. The number of aromatic nitrogens is 2. The minimum atomic E-state index is -0.114. The van der Waals surface area contributed by atoms with Crippen LogP contribution in [0.4, 0.5) is 5.69 Å². The van der Waals surface area contributed by atoms with Gasteiger partial charge in [-0.25, -0.2) is 4.98 Å². The summed E-state index contributed by atoms with van der Waals surface area (Å²) in [7, 11) is 0. The van der Waals surface area contributed by atoms with Crippen LogP contribution in [0.25, 0.3) is 0 Å². The summed E-state index contributed by atoms with van der Waals surface area (Å²) in [6, 6.07) is 9.14. The fraction of sp³-hybridized carbons (Fsp3) is 0.167. The van der Waals surface area contributed by atoms with Crippen LogP contribution in [0.3, 0.4) is 0 Å². The Kier molecular flexibility index (Phi) is 3.49. The maximum atomic E-state index is 11.2. The van der Waals surface area contributed by atoms with Crippen LogP contribution in [0.1, 0.15) is 11.3 Å². The Morgan fingerprint density at radius 3 is 2.71 bits per heavy atom. The summed E-state index contributed by atoms with van der Waals surface area (Å²) >= 11 is 1.50. The minimum absolute atomic E-state index is 0.114. The molecule has 0 saturated heterocycles. The van der Waals surface area contributed by atoms with Crippen LogP contribution in [0.5, 0.6) is 0 Å². The summed E-state index contributed by atoms with van der Waals surface area (Å²) in [5, 5.41) is 0.645. The van der Waals surface area contributed by atoms with Crippen molar-refractivity contribution < 1.29 is 0 Å². The van der Waals surface area contributed by atoms with E-state index in [1.54, 1.807) is 0 Å². The largest absolute Gasteiger partial charge is 0.399 e. The van der Waals surface area contributed by atoms with E-state index in [2.05, 4.69) is 9.97 Å². The minimum Gasteiger partial charge on any atom is -0.399 e. The molecule has 0 aliphatic rings. The van der Waals surface area contributed by atoms with Crippen molar-refractivity contribution in [3.63, 3.8) is 0 Å². The normalized spacial score (nSPS) is 10.4. The zero-order valence-corrected chi connectivity index (χ0v) is 10.3. The van der Waals surface area contributed by atoms with Crippen LogP contribution in [0.15, 0.2) is 40.3 Å². The van der Waals surface area contributed by atoms with Gasteiger partial charge in [0.25, 0.3) is 5.56 Å². The van der Waals surface area contributed by atoms with Gasteiger partial charge in [0, 0.05) is 23.2 Å². The average molecular weight is 247 g/mol. The lowest BCUT2D eigenvalue weighted by atomic mass is 10.2. The van der Waals surface area contributed by atoms with Gasteiger partial charge >= 0.3 is 0 Å². The molecule has 0 bridgehead atoms. The quantitative estimate of drug-likeness (QED) is 0.494. The SMILES string of the molecule is Cc1cc(=O)[nH]c(SCc2ccc(N)cc2)n1. The number of H-pyrrole nitrogens is 1. The number of aryl methyl sites for hydroxylation is 1. The lowest BCUT2D eigenvalue weighted by Gasteiger charge is -2.02. The number of nitrogens with zero attached hydrogens (tertiary/aromatic N) is 1. The third-order valence-corrected chi connectivity index (χ3v) is 3.15. The molecule has 5 heteroatoms. The second kappa shape index (κ2) is 5.05. The third-order valence-electron chi connectivity index (χ3n) is 2.20. The Bertz CT molecular complexity index is 563. The number of anilines is 1. The molecule has 0 aliphatic heterocycles. The van der Waals surface area contributed by atoms with Crippen molar-refractivity contribution in [1.29, 1.82) is 0 Å². The lowest BCUT2D eigenvalue weighted by molar-refractivity contribution is 0.905. The molecule has 0 spiro atoms. The van der Waals surface area contributed by atoms with Gasteiger partial charge in [0.05, 0.1) is 0 Å². The molecule has 0 amide bonds. The van der Waals surface area contributed by atoms with Gasteiger partial charge in [-0.1, -0.05) is 23.9 Å². The van der Waals surface area contributed by atoms with Gasteiger partial charge in [0.1, 0.15) is 0 Å². The molecule has 0 radical (unpaired) electrons. The molecule has 1 aromatic heterocycles. The number of nitrogens with two attached hydrogens (primary N) is 1. The molecule has 0 aliphatic carbocycles. The van der Waals surface area contributed by atoms with Gasteiger partial charge in [-0.15, -0.1) is 0 Å². The van der Waals surface area contributed by atoms with Gasteiger partial charge < -0.3 is 10.7 Å².